The van der Waals surface area contributed by atoms with E-state index in [4.69, 9.17) is 27.5 Å². The lowest BCUT2D eigenvalue weighted by atomic mass is 9.91. The molecule has 1 atom stereocenters. The van der Waals surface area contributed by atoms with Gasteiger partial charge in [-0.2, -0.15) is 5.10 Å². The molecular formula is C23H25ClFN6O+. The summed E-state index contributed by atoms with van der Waals surface area (Å²) >= 11 is 6.57. The van der Waals surface area contributed by atoms with E-state index in [1.807, 2.05) is 36.2 Å². The standard InChI is InChI=1S/C23H24ClFN6O/c1-4-31-21-14-8-19(23(27)29-11-14)32-12(2)17-9-15(25)5-6-16(17)20(26)13(10-28-3)7-18(21)22(24)30-31/h5-6,8-12,26,28H,4,7H2,1-3H3,(H2,27,29)/p+1/b13-10-,26-20?/t12-/m1/s1. The molecule has 2 bridgehead atoms. The summed E-state index contributed by atoms with van der Waals surface area (Å²) in [5, 5.41) is 15.7. The highest BCUT2D eigenvalue weighted by Gasteiger charge is 2.26. The van der Waals surface area contributed by atoms with Gasteiger partial charge in [-0.1, -0.05) is 11.6 Å². The van der Waals surface area contributed by atoms with Crippen LogP contribution in [0.15, 0.2) is 42.2 Å². The van der Waals surface area contributed by atoms with Crippen molar-refractivity contribution < 1.29 is 14.4 Å². The zero-order valence-corrected chi connectivity index (χ0v) is 18.9. The Bertz CT molecular complexity index is 1240. The number of hydrogen-bond acceptors (Lipinski definition) is 5. The van der Waals surface area contributed by atoms with E-state index in [0.717, 1.165) is 22.4 Å². The lowest BCUT2D eigenvalue weighted by Gasteiger charge is -2.22. The highest BCUT2D eigenvalue weighted by Crippen LogP contribution is 2.37. The number of benzene rings is 1. The molecule has 0 saturated heterocycles. The van der Waals surface area contributed by atoms with Gasteiger partial charge in [-0.3, -0.25) is 10.1 Å². The quantitative estimate of drug-likeness (QED) is 0.550. The second-order valence-electron chi connectivity index (χ2n) is 7.61. The summed E-state index contributed by atoms with van der Waals surface area (Å²) in [6.45, 7) is 4.38. The Morgan fingerprint density at radius 2 is 2.19 bits per heavy atom. The molecule has 0 amide bonds. The van der Waals surface area contributed by atoms with E-state index in [1.165, 1.54) is 12.1 Å². The first-order valence-electron chi connectivity index (χ1n) is 10.4. The fourth-order valence-electron chi connectivity index (χ4n) is 4.00. The molecule has 5 N–H and O–H groups in total. The Kier molecular flexibility index (Phi) is 5.99. The third-order valence-electron chi connectivity index (χ3n) is 5.54. The number of nitrogens with two attached hydrogens (primary N) is 2. The number of aryl methyl sites for hydroxylation is 1. The maximum absolute atomic E-state index is 14.2. The van der Waals surface area contributed by atoms with Crippen molar-refractivity contribution in [3.05, 3.63) is 69.9 Å². The minimum absolute atomic E-state index is 0.224. The Labute approximate surface area is 190 Å². The van der Waals surface area contributed by atoms with Crippen LogP contribution in [0.2, 0.25) is 5.15 Å². The van der Waals surface area contributed by atoms with Gasteiger partial charge < -0.3 is 15.8 Å². The average Bonchev–Trinajstić information content (AvgIpc) is 3.09. The van der Waals surface area contributed by atoms with Crippen LogP contribution in [0.4, 0.5) is 10.2 Å². The first-order chi connectivity index (χ1) is 15.3. The summed E-state index contributed by atoms with van der Waals surface area (Å²) in [5.74, 6) is 0.198. The maximum Gasteiger partial charge on any atom is 0.166 e. The number of nitrogens with zero attached hydrogens (tertiary/aromatic N) is 3. The lowest BCUT2D eigenvalue weighted by Crippen LogP contribution is -2.73. The van der Waals surface area contributed by atoms with Crippen LogP contribution in [0.1, 0.15) is 36.6 Å². The smallest absolute Gasteiger partial charge is 0.166 e. The monoisotopic (exact) mass is 455 g/mol. The molecule has 3 heterocycles. The van der Waals surface area contributed by atoms with Gasteiger partial charge in [0.1, 0.15) is 11.9 Å². The minimum atomic E-state index is -0.564. The largest absolute Gasteiger partial charge is 0.482 e. The van der Waals surface area contributed by atoms with Crippen molar-refractivity contribution in [1.82, 2.24) is 14.8 Å². The van der Waals surface area contributed by atoms with Crippen molar-refractivity contribution in [2.24, 2.45) is 0 Å². The van der Waals surface area contributed by atoms with E-state index in [-0.39, 0.29) is 11.5 Å². The molecule has 0 unspecified atom stereocenters. The van der Waals surface area contributed by atoms with Gasteiger partial charge >= 0.3 is 0 Å². The summed E-state index contributed by atoms with van der Waals surface area (Å²) in [4.78, 5) is 4.32. The second kappa shape index (κ2) is 8.72. The molecule has 0 aliphatic carbocycles. The van der Waals surface area contributed by atoms with Crippen LogP contribution in [-0.2, 0) is 13.0 Å². The third-order valence-corrected chi connectivity index (χ3v) is 5.84. The second-order valence-corrected chi connectivity index (χ2v) is 7.97. The van der Waals surface area contributed by atoms with E-state index in [1.54, 1.807) is 19.2 Å². The molecule has 32 heavy (non-hydrogen) atoms. The fourth-order valence-corrected chi connectivity index (χ4v) is 4.25. The van der Waals surface area contributed by atoms with Gasteiger partial charge in [-0.25, -0.2) is 9.37 Å². The number of nitrogen functional groups attached to an aromatic ring is 1. The summed E-state index contributed by atoms with van der Waals surface area (Å²) in [6, 6.07) is 6.17. The van der Waals surface area contributed by atoms with Gasteiger partial charge in [-0.15, -0.1) is 0 Å². The number of hydrogen-bond donors (Lipinski definition) is 3. The number of pyridine rings is 1. The summed E-state index contributed by atoms with van der Waals surface area (Å²) in [5.41, 5.74) is 10.6. The Balaban J connectivity index is 2.02. The van der Waals surface area contributed by atoms with E-state index in [9.17, 15) is 4.39 Å². The molecule has 7 nitrogen and oxygen atoms in total. The Morgan fingerprint density at radius 1 is 1.41 bits per heavy atom. The maximum atomic E-state index is 14.2. The molecule has 0 fully saturated rings. The van der Waals surface area contributed by atoms with Crippen molar-refractivity contribution in [1.29, 1.82) is 5.41 Å². The number of allylic oxidation sites excluding steroid dienone is 1. The Hall–Kier alpha value is -3.23. The zero-order chi connectivity index (χ0) is 23.0. The van der Waals surface area contributed by atoms with Gasteiger partial charge in [-0.05, 0) is 38.1 Å². The van der Waals surface area contributed by atoms with Gasteiger partial charge in [0.15, 0.2) is 16.7 Å². The number of nitrogens with one attached hydrogen (secondary N) is 1. The van der Waals surface area contributed by atoms with Gasteiger partial charge in [0.2, 0.25) is 0 Å². The third kappa shape index (κ3) is 3.87. The first-order valence-corrected chi connectivity index (χ1v) is 10.8. The molecule has 0 saturated carbocycles. The minimum Gasteiger partial charge on any atom is -0.482 e. The molecule has 0 radical (unpaired) electrons. The number of ether oxygens (including phenoxy) is 1. The van der Waals surface area contributed by atoms with Crippen molar-refractivity contribution in [3.63, 3.8) is 0 Å². The average molecular weight is 456 g/mol. The molecule has 1 aliphatic heterocycles. The first kappa shape index (κ1) is 22.0. The molecule has 1 aromatic carbocycles. The SMILES string of the molecule is CCn1nc(Cl)c2c1-c1cnc(N)c(c1)O[C@H](C)c1cc(F)ccc1C(=N)/C(=C\[NH2+]C)C2. The molecular weight excluding hydrogens is 431 g/mol. The van der Waals surface area contributed by atoms with Crippen LogP contribution >= 0.6 is 11.6 Å². The predicted octanol–water partition coefficient (Wildman–Crippen LogP) is 3.48. The van der Waals surface area contributed by atoms with Crippen LogP contribution in [0.5, 0.6) is 5.75 Å². The van der Waals surface area contributed by atoms with Gasteiger partial charge in [0, 0.05) is 47.0 Å². The fraction of sp³-hybridized carbons (Fsp3) is 0.261. The summed E-state index contributed by atoms with van der Waals surface area (Å²) in [6.07, 6.45) is 3.35. The number of halogens is 2. The molecule has 9 heteroatoms. The van der Waals surface area contributed by atoms with E-state index in [0.29, 0.717) is 35.0 Å². The highest BCUT2D eigenvalue weighted by molar-refractivity contribution is 6.30. The predicted molar refractivity (Wildman–Crippen MR) is 122 cm³/mol. The van der Waals surface area contributed by atoms with Gasteiger partial charge in [0.25, 0.3) is 0 Å². The van der Waals surface area contributed by atoms with Crippen molar-refractivity contribution in [2.75, 3.05) is 12.8 Å². The zero-order valence-electron chi connectivity index (χ0n) is 18.1. The number of aromatic nitrogens is 3. The van der Waals surface area contributed by atoms with Gasteiger partial charge in [0.05, 0.1) is 24.7 Å². The van der Waals surface area contributed by atoms with Crippen LogP contribution in [0.25, 0.3) is 11.3 Å². The highest BCUT2D eigenvalue weighted by atomic mass is 35.5. The molecule has 3 aromatic rings. The van der Waals surface area contributed by atoms with Crippen LogP contribution in [0, 0.1) is 11.2 Å². The lowest BCUT2D eigenvalue weighted by molar-refractivity contribution is -0.557. The molecule has 0 spiro atoms. The molecule has 166 valence electrons. The number of fused-ring (bicyclic) bond motifs is 5. The normalized spacial score (nSPS) is 17.2. The molecule has 1 aliphatic rings. The van der Waals surface area contributed by atoms with Crippen molar-refractivity contribution in [3.8, 4) is 17.0 Å². The van der Waals surface area contributed by atoms with E-state index in [2.05, 4.69) is 10.1 Å². The summed E-state index contributed by atoms with van der Waals surface area (Å²) < 4.78 is 22.1. The summed E-state index contributed by atoms with van der Waals surface area (Å²) in [7, 11) is 1.89. The van der Waals surface area contributed by atoms with Crippen LogP contribution in [-0.4, -0.2) is 27.5 Å². The number of anilines is 1. The topological polar surface area (TPSA) is 106 Å². The van der Waals surface area contributed by atoms with E-state index < -0.39 is 11.9 Å². The van der Waals surface area contributed by atoms with Crippen LogP contribution in [0.3, 0.4) is 0 Å². The van der Waals surface area contributed by atoms with Crippen LogP contribution < -0.4 is 15.8 Å². The van der Waals surface area contributed by atoms with Crippen molar-refractivity contribution in [2.45, 2.75) is 32.9 Å². The molecule has 2 aromatic heterocycles. The number of quaternary nitrogens is 1. The number of rotatable bonds is 2. The Morgan fingerprint density at radius 3 is 2.91 bits per heavy atom. The van der Waals surface area contributed by atoms with E-state index >= 15 is 0 Å². The molecule has 4 rings (SSSR count). The van der Waals surface area contributed by atoms with Crippen molar-refractivity contribution >= 4 is 23.1 Å².